The Bertz CT molecular complexity index is 585. The van der Waals surface area contributed by atoms with Crippen LogP contribution in [-0.4, -0.2) is 48.7 Å². The number of rotatable bonds is 7. The molecule has 3 unspecified atom stereocenters. The van der Waals surface area contributed by atoms with Gasteiger partial charge in [-0.05, 0) is 56.4 Å². The molecule has 1 aromatic carbocycles. The van der Waals surface area contributed by atoms with E-state index in [4.69, 9.17) is 4.74 Å². The smallest absolute Gasteiger partial charge is 0.222 e. The third-order valence-electron chi connectivity index (χ3n) is 6.34. The fraction of sp³-hybridized carbons (Fsp3) is 0.682. The maximum absolute atomic E-state index is 12.7. The normalized spacial score (nSPS) is 29.6. The highest BCUT2D eigenvalue weighted by atomic mass is 35.5. The van der Waals surface area contributed by atoms with Crippen molar-refractivity contribution in [2.24, 2.45) is 5.92 Å². The zero-order chi connectivity index (χ0) is 17.8. The van der Waals surface area contributed by atoms with Crippen LogP contribution in [0.25, 0.3) is 0 Å². The molecule has 0 aliphatic carbocycles. The number of hydrogen-bond donors (Lipinski definition) is 1. The van der Waals surface area contributed by atoms with Crippen LogP contribution in [0.1, 0.15) is 50.5 Å². The lowest BCUT2D eigenvalue weighted by molar-refractivity contribution is -0.132. The molecule has 4 nitrogen and oxygen atoms in total. The first-order valence-electron chi connectivity index (χ1n) is 10.5. The third-order valence-corrected chi connectivity index (χ3v) is 6.34. The van der Waals surface area contributed by atoms with E-state index in [1.165, 1.54) is 31.2 Å². The number of likely N-dealkylation sites (tertiary alicyclic amines) is 1. The lowest BCUT2D eigenvalue weighted by Gasteiger charge is -2.29. The van der Waals surface area contributed by atoms with E-state index in [-0.39, 0.29) is 18.5 Å². The Morgan fingerprint density at radius 1 is 1.11 bits per heavy atom. The SMILES string of the molecule is Cl.O=C(CC1CC2CCC(C1)N2)N1CCC(OCCCc2ccccc2)C1. The van der Waals surface area contributed by atoms with Gasteiger partial charge in [0.2, 0.25) is 5.91 Å². The van der Waals surface area contributed by atoms with Crippen LogP contribution < -0.4 is 5.32 Å². The average Bonchev–Trinajstić information content (AvgIpc) is 3.26. The van der Waals surface area contributed by atoms with Crippen LogP contribution in [0.15, 0.2) is 30.3 Å². The summed E-state index contributed by atoms with van der Waals surface area (Å²) >= 11 is 0. The van der Waals surface area contributed by atoms with Crippen LogP contribution >= 0.6 is 12.4 Å². The maximum atomic E-state index is 12.7. The Kier molecular flexibility index (Phi) is 7.57. The minimum atomic E-state index is 0. The van der Waals surface area contributed by atoms with Gasteiger partial charge in [0.05, 0.1) is 6.10 Å². The van der Waals surface area contributed by atoms with Gasteiger partial charge < -0.3 is 15.0 Å². The molecule has 3 atom stereocenters. The monoisotopic (exact) mass is 392 g/mol. The van der Waals surface area contributed by atoms with E-state index in [2.05, 4.69) is 35.6 Å². The zero-order valence-electron chi connectivity index (χ0n) is 16.1. The largest absolute Gasteiger partial charge is 0.376 e. The lowest BCUT2D eigenvalue weighted by Crippen LogP contribution is -2.40. The topological polar surface area (TPSA) is 41.6 Å². The molecular formula is C22H33ClN2O2. The van der Waals surface area contributed by atoms with E-state index in [0.29, 0.717) is 23.9 Å². The number of nitrogens with one attached hydrogen (secondary N) is 1. The third kappa shape index (κ3) is 5.69. The molecule has 27 heavy (non-hydrogen) atoms. The fourth-order valence-electron chi connectivity index (χ4n) is 4.98. The van der Waals surface area contributed by atoms with Gasteiger partial charge in [-0.25, -0.2) is 0 Å². The highest BCUT2D eigenvalue weighted by molar-refractivity contribution is 5.85. The molecule has 3 heterocycles. The second-order valence-electron chi connectivity index (χ2n) is 8.39. The molecule has 1 N–H and O–H groups in total. The highest BCUT2D eigenvalue weighted by Gasteiger charge is 2.35. The van der Waals surface area contributed by atoms with Gasteiger partial charge >= 0.3 is 0 Å². The van der Waals surface area contributed by atoms with Gasteiger partial charge in [-0.1, -0.05) is 30.3 Å². The Hall–Kier alpha value is -1.10. The first kappa shape index (κ1) is 20.6. The fourth-order valence-corrected chi connectivity index (χ4v) is 4.98. The lowest BCUT2D eigenvalue weighted by atomic mass is 9.89. The predicted molar refractivity (Wildman–Crippen MR) is 110 cm³/mol. The summed E-state index contributed by atoms with van der Waals surface area (Å²) in [7, 11) is 0. The maximum Gasteiger partial charge on any atom is 0.222 e. The zero-order valence-corrected chi connectivity index (χ0v) is 17.0. The molecule has 3 fully saturated rings. The Balaban J connectivity index is 0.00000210. The number of aryl methyl sites for hydroxylation is 1. The highest BCUT2D eigenvalue weighted by Crippen LogP contribution is 2.33. The van der Waals surface area contributed by atoms with Crippen molar-refractivity contribution in [2.75, 3.05) is 19.7 Å². The van der Waals surface area contributed by atoms with E-state index in [9.17, 15) is 4.79 Å². The molecule has 2 bridgehead atoms. The molecule has 0 radical (unpaired) electrons. The Morgan fingerprint density at radius 3 is 2.59 bits per heavy atom. The molecule has 4 rings (SSSR count). The summed E-state index contributed by atoms with van der Waals surface area (Å²) in [5.41, 5.74) is 1.37. The van der Waals surface area contributed by atoms with Crippen LogP contribution in [0.4, 0.5) is 0 Å². The molecule has 3 saturated heterocycles. The summed E-state index contributed by atoms with van der Waals surface area (Å²) in [5, 5.41) is 3.67. The summed E-state index contributed by atoms with van der Waals surface area (Å²) < 4.78 is 6.04. The molecule has 1 amide bonds. The van der Waals surface area contributed by atoms with Crippen LogP contribution in [-0.2, 0) is 16.0 Å². The summed E-state index contributed by atoms with van der Waals surface area (Å²) in [5.74, 6) is 0.943. The van der Waals surface area contributed by atoms with Crippen molar-refractivity contribution in [1.82, 2.24) is 10.2 Å². The average molecular weight is 393 g/mol. The number of ether oxygens (including phenoxy) is 1. The van der Waals surface area contributed by atoms with Crippen molar-refractivity contribution in [1.29, 1.82) is 0 Å². The second-order valence-corrected chi connectivity index (χ2v) is 8.39. The molecule has 150 valence electrons. The molecular weight excluding hydrogens is 360 g/mol. The van der Waals surface area contributed by atoms with Gasteiger partial charge in [-0.15, -0.1) is 12.4 Å². The summed E-state index contributed by atoms with van der Waals surface area (Å²) in [4.78, 5) is 14.7. The number of carbonyl (C=O) groups excluding carboxylic acids is 1. The molecule has 0 aromatic heterocycles. The van der Waals surface area contributed by atoms with E-state index >= 15 is 0 Å². The number of carbonyl (C=O) groups is 1. The molecule has 5 heteroatoms. The van der Waals surface area contributed by atoms with Crippen LogP contribution in [0.3, 0.4) is 0 Å². The van der Waals surface area contributed by atoms with Crippen LogP contribution in [0.5, 0.6) is 0 Å². The molecule has 0 spiro atoms. The summed E-state index contributed by atoms with van der Waals surface area (Å²) in [6.07, 6.45) is 9.07. The molecule has 3 aliphatic heterocycles. The molecule has 3 aliphatic rings. The minimum Gasteiger partial charge on any atom is -0.376 e. The summed E-state index contributed by atoms with van der Waals surface area (Å²) in [6.45, 7) is 2.46. The Labute approximate surface area is 169 Å². The first-order valence-corrected chi connectivity index (χ1v) is 10.5. The van der Waals surface area contributed by atoms with Crippen molar-refractivity contribution in [3.63, 3.8) is 0 Å². The van der Waals surface area contributed by atoms with E-state index in [1.54, 1.807) is 0 Å². The first-order chi connectivity index (χ1) is 12.8. The van der Waals surface area contributed by atoms with Crippen LogP contribution in [0.2, 0.25) is 0 Å². The van der Waals surface area contributed by atoms with E-state index in [0.717, 1.165) is 45.4 Å². The van der Waals surface area contributed by atoms with Gasteiger partial charge in [0.15, 0.2) is 0 Å². The number of benzene rings is 1. The summed E-state index contributed by atoms with van der Waals surface area (Å²) in [6, 6.07) is 11.9. The van der Waals surface area contributed by atoms with Crippen LogP contribution in [0, 0.1) is 5.92 Å². The Morgan fingerprint density at radius 2 is 1.85 bits per heavy atom. The quantitative estimate of drug-likeness (QED) is 0.721. The van der Waals surface area contributed by atoms with Gasteiger partial charge in [0.1, 0.15) is 0 Å². The van der Waals surface area contributed by atoms with Crippen molar-refractivity contribution < 1.29 is 9.53 Å². The number of nitrogens with zero attached hydrogens (tertiary/aromatic N) is 1. The minimum absolute atomic E-state index is 0. The standard InChI is InChI=1S/C22H32N2O2.ClH/c25-22(15-18-13-19-8-9-20(14-18)23-19)24-11-10-21(16-24)26-12-4-7-17-5-2-1-3-6-17;/h1-3,5-6,18-21,23H,4,7-16H2;1H. The van der Waals surface area contributed by atoms with E-state index < -0.39 is 0 Å². The number of hydrogen-bond acceptors (Lipinski definition) is 3. The number of halogens is 1. The van der Waals surface area contributed by atoms with Gasteiger partial charge in [-0.3, -0.25) is 4.79 Å². The van der Waals surface area contributed by atoms with E-state index in [1.807, 2.05) is 4.90 Å². The van der Waals surface area contributed by atoms with Gasteiger partial charge in [0.25, 0.3) is 0 Å². The van der Waals surface area contributed by atoms with Crippen molar-refractivity contribution in [3.05, 3.63) is 35.9 Å². The predicted octanol–water partition coefficient (Wildman–Crippen LogP) is 3.58. The number of amides is 1. The number of fused-ring (bicyclic) bond motifs is 2. The van der Waals surface area contributed by atoms with Crippen molar-refractivity contribution in [2.45, 2.75) is 69.6 Å². The molecule has 1 aromatic rings. The van der Waals surface area contributed by atoms with Gasteiger partial charge in [-0.2, -0.15) is 0 Å². The second kappa shape index (κ2) is 9.90. The van der Waals surface area contributed by atoms with Gasteiger partial charge in [0, 0.05) is 38.2 Å². The number of piperidine rings is 1. The van der Waals surface area contributed by atoms with Crippen molar-refractivity contribution >= 4 is 18.3 Å². The van der Waals surface area contributed by atoms with Crippen molar-refractivity contribution in [3.8, 4) is 0 Å². The molecule has 0 saturated carbocycles.